The number of rotatable bonds is 5. The lowest BCUT2D eigenvalue weighted by atomic mass is 9.99. The van der Waals surface area contributed by atoms with Gasteiger partial charge in [0, 0.05) is 25.2 Å². The number of hydrogen-bond acceptors (Lipinski definition) is 5. The normalized spacial score (nSPS) is 18.4. The van der Waals surface area contributed by atoms with Gasteiger partial charge in [0.05, 0.1) is 24.7 Å². The van der Waals surface area contributed by atoms with E-state index in [9.17, 15) is 8.42 Å². The minimum absolute atomic E-state index is 0.0195. The van der Waals surface area contributed by atoms with Gasteiger partial charge in [-0.25, -0.2) is 12.7 Å². The number of piperidine rings is 1. The van der Waals surface area contributed by atoms with Crippen LogP contribution in [0.15, 0.2) is 42.7 Å². The van der Waals surface area contributed by atoms with E-state index in [-0.39, 0.29) is 5.92 Å². The van der Waals surface area contributed by atoms with Crippen molar-refractivity contribution in [3.05, 3.63) is 58.9 Å². The molecular weight excluding hydrogens is 396 g/mol. The van der Waals surface area contributed by atoms with Crippen LogP contribution in [0, 0.1) is 4.77 Å². The zero-order chi connectivity index (χ0) is 19.7. The Bertz CT molecular complexity index is 1120. The fourth-order valence-electron chi connectivity index (χ4n) is 3.61. The molecule has 1 saturated heterocycles. The van der Waals surface area contributed by atoms with E-state index in [1.54, 1.807) is 6.20 Å². The summed E-state index contributed by atoms with van der Waals surface area (Å²) in [5.74, 6) is 0.728. The van der Waals surface area contributed by atoms with Gasteiger partial charge in [-0.15, -0.1) is 0 Å². The molecule has 0 bridgehead atoms. The molecule has 0 aliphatic carbocycles. The summed E-state index contributed by atoms with van der Waals surface area (Å²) in [5, 5.41) is 11.7. The van der Waals surface area contributed by atoms with Crippen molar-refractivity contribution in [1.82, 2.24) is 28.9 Å². The van der Waals surface area contributed by atoms with E-state index in [4.69, 9.17) is 12.2 Å². The first kappa shape index (κ1) is 19.0. The molecule has 28 heavy (non-hydrogen) atoms. The van der Waals surface area contributed by atoms with Crippen LogP contribution in [0.2, 0.25) is 0 Å². The highest BCUT2D eigenvalue weighted by atomic mass is 32.2. The van der Waals surface area contributed by atoms with E-state index in [0.717, 1.165) is 29.9 Å². The maximum Gasteiger partial charge on any atom is 0.211 e. The van der Waals surface area contributed by atoms with Gasteiger partial charge < -0.3 is 0 Å². The summed E-state index contributed by atoms with van der Waals surface area (Å²) in [5.41, 5.74) is 1.98. The molecule has 148 valence electrons. The smallest absolute Gasteiger partial charge is 0.211 e. The Morgan fingerprint density at radius 3 is 2.82 bits per heavy atom. The Morgan fingerprint density at radius 1 is 1.29 bits per heavy atom. The molecule has 1 N–H and O–H groups in total. The highest BCUT2D eigenvalue weighted by Crippen LogP contribution is 2.28. The first-order valence-corrected chi connectivity index (χ1v) is 11.4. The molecule has 0 radical (unpaired) electrons. The lowest BCUT2D eigenvalue weighted by Gasteiger charge is -2.30. The van der Waals surface area contributed by atoms with Crippen LogP contribution in [0.25, 0.3) is 5.69 Å². The molecular formula is C18H22N6O2S2. The second kappa shape index (κ2) is 7.61. The van der Waals surface area contributed by atoms with Crippen molar-refractivity contribution in [3.8, 4) is 5.69 Å². The fraction of sp³-hybridized carbons (Fsp3) is 0.389. The van der Waals surface area contributed by atoms with Crippen molar-refractivity contribution in [2.24, 2.45) is 0 Å². The number of H-pyrrole nitrogens is 1. The number of nitrogens with one attached hydrogen (secondary N) is 1. The standard InChI is InChI=1S/C18H22N6O2S2/c1-28(25,26)23-9-5-8-15(12-23)17-20-21-18(27)24(17)16-10-19-22(13-16)11-14-6-3-2-4-7-14/h2-4,6-7,10,13,15H,5,8-9,11-12H2,1H3,(H,21,27). The molecule has 2 aromatic heterocycles. The molecule has 1 atom stereocenters. The molecule has 1 aromatic carbocycles. The summed E-state index contributed by atoms with van der Waals surface area (Å²) < 4.78 is 29.6. The zero-order valence-corrected chi connectivity index (χ0v) is 17.2. The number of hydrogen-bond donors (Lipinski definition) is 1. The van der Waals surface area contributed by atoms with Crippen molar-refractivity contribution in [1.29, 1.82) is 0 Å². The molecule has 1 aliphatic heterocycles. The van der Waals surface area contributed by atoms with Crippen LogP contribution in [0.3, 0.4) is 0 Å². The summed E-state index contributed by atoms with van der Waals surface area (Å²) in [6.45, 7) is 1.62. The van der Waals surface area contributed by atoms with Crippen LogP contribution in [-0.2, 0) is 16.6 Å². The third-order valence-electron chi connectivity index (χ3n) is 4.98. The van der Waals surface area contributed by atoms with Gasteiger partial charge in [-0.2, -0.15) is 10.2 Å². The molecule has 0 amide bonds. The number of sulfonamides is 1. The van der Waals surface area contributed by atoms with Gasteiger partial charge in [-0.3, -0.25) is 14.3 Å². The third kappa shape index (κ3) is 3.94. The monoisotopic (exact) mass is 418 g/mol. The van der Waals surface area contributed by atoms with E-state index in [1.807, 2.05) is 33.6 Å². The average molecular weight is 419 g/mol. The quantitative estimate of drug-likeness (QED) is 0.643. The van der Waals surface area contributed by atoms with Crippen LogP contribution < -0.4 is 0 Å². The van der Waals surface area contributed by atoms with Gasteiger partial charge in [0.2, 0.25) is 10.0 Å². The zero-order valence-electron chi connectivity index (χ0n) is 15.5. The topological polar surface area (TPSA) is 88.8 Å². The average Bonchev–Trinajstić information content (AvgIpc) is 3.28. The van der Waals surface area contributed by atoms with E-state index in [0.29, 0.717) is 24.4 Å². The predicted octanol–water partition coefficient (Wildman–Crippen LogP) is 2.31. The lowest BCUT2D eigenvalue weighted by Crippen LogP contribution is -2.39. The Hall–Kier alpha value is -2.30. The van der Waals surface area contributed by atoms with Crippen molar-refractivity contribution in [2.45, 2.75) is 25.3 Å². The van der Waals surface area contributed by atoms with Crippen LogP contribution in [0.4, 0.5) is 0 Å². The van der Waals surface area contributed by atoms with Gasteiger partial charge >= 0.3 is 0 Å². The van der Waals surface area contributed by atoms with Crippen molar-refractivity contribution in [2.75, 3.05) is 19.3 Å². The minimum Gasteiger partial charge on any atom is -0.269 e. The number of nitrogens with zero attached hydrogens (tertiary/aromatic N) is 5. The largest absolute Gasteiger partial charge is 0.269 e. The van der Waals surface area contributed by atoms with Crippen LogP contribution >= 0.6 is 12.2 Å². The van der Waals surface area contributed by atoms with Crippen LogP contribution in [0.1, 0.15) is 30.1 Å². The van der Waals surface area contributed by atoms with Gasteiger partial charge in [-0.05, 0) is 30.6 Å². The van der Waals surface area contributed by atoms with Gasteiger partial charge in [0.15, 0.2) is 4.77 Å². The van der Waals surface area contributed by atoms with E-state index < -0.39 is 10.0 Å². The summed E-state index contributed by atoms with van der Waals surface area (Å²) in [7, 11) is -3.22. The van der Waals surface area contributed by atoms with Crippen LogP contribution in [-0.4, -0.2) is 56.6 Å². The molecule has 3 aromatic rings. The maximum atomic E-state index is 12.0. The van der Waals surface area contributed by atoms with Gasteiger partial charge in [-0.1, -0.05) is 30.3 Å². The molecule has 1 fully saturated rings. The highest BCUT2D eigenvalue weighted by Gasteiger charge is 2.30. The summed E-state index contributed by atoms with van der Waals surface area (Å²) in [6, 6.07) is 10.1. The number of benzene rings is 1. The van der Waals surface area contributed by atoms with E-state index in [2.05, 4.69) is 27.4 Å². The van der Waals surface area contributed by atoms with Crippen molar-refractivity contribution < 1.29 is 8.42 Å². The van der Waals surface area contributed by atoms with E-state index >= 15 is 0 Å². The number of aromatic amines is 1. The molecule has 1 unspecified atom stereocenters. The van der Waals surface area contributed by atoms with Gasteiger partial charge in [0.1, 0.15) is 5.82 Å². The molecule has 0 saturated carbocycles. The van der Waals surface area contributed by atoms with Crippen molar-refractivity contribution >= 4 is 22.2 Å². The first-order valence-electron chi connectivity index (χ1n) is 9.11. The Morgan fingerprint density at radius 2 is 2.07 bits per heavy atom. The first-order chi connectivity index (χ1) is 13.4. The molecule has 1 aliphatic rings. The highest BCUT2D eigenvalue weighted by molar-refractivity contribution is 7.88. The van der Waals surface area contributed by atoms with E-state index in [1.165, 1.54) is 10.6 Å². The SMILES string of the molecule is CS(=O)(=O)N1CCCC(c2n[nH]c(=S)n2-c2cnn(Cc3ccccc3)c2)C1. The predicted molar refractivity (Wildman–Crippen MR) is 108 cm³/mol. The van der Waals surface area contributed by atoms with Gasteiger partial charge in [0.25, 0.3) is 0 Å². The molecule has 8 nitrogen and oxygen atoms in total. The Kier molecular flexibility index (Phi) is 5.17. The number of aromatic nitrogens is 5. The third-order valence-corrected chi connectivity index (χ3v) is 6.53. The minimum atomic E-state index is -3.22. The molecule has 0 spiro atoms. The Balaban J connectivity index is 1.62. The molecule has 4 rings (SSSR count). The van der Waals surface area contributed by atoms with Crippen molar-refractivity contribution in [3.63, 3.8) is 0 Å². The second-order valence-electron chi connectivity index (χ2n) is 7.06. The lowest BCUT2D eigenvalue weighted by molar-refractivity contribution is 0.309. The maximum absolute atomic E-state index is 12.0. The molecule has 10 heteroatoms. The summed E-state index contributed by atoms with van der Waals surface area (Å²) >= 11 is 5.44. The summed E-state index contributed by atoms with van der Waals surface area (Å²) in [4.78, 5) is 0. The fourth-order valence-corrected chi connectivity index (χ4v) is 4.77. The second-order valence-corrected chi connectivity index (χ2v) is 9.43. The summed E-state index contributed by atoms with van der Waals surface area (Å²) in [6.07, 6.45) is 6.60. The molecule has 3 heterocycles. The van der Waals surface area contributed by atoms with Crippen LogP contribution in [0.5, 0.6) is 0 Å². The Labute approximate surface area is 168 Å².